The van der Waals surface area contributed by atoms with Crippen LogP contribution in [0.3, 0.4) is 0 Å². The molecule has 1 aromatic carbocycles. The minimum atomic E-state index is 0.419. The van der Waals surface area contributed by atoms with Crippen LogP contribution in [-0.2, 0) is 6.42 Å². The zero-order chi connectivity index (χ0) is 14.5. The number of hydrogen-bond acceptors (Lipinski definition) is 3. The topological polar surface area (TPSA) is 48.1 Å². The van der Waals surface area contributed by atoms with Gasteiger partial charge in [0, 0.05) is 12.3 Å². The molecule has 3 nitrogen and oxygen atoms in total. The average molecular weight is 270 g/mol. The minimum Gasteiger partial charge on any atom is -0.439 e. The number of aryl methyl sites for hydroxylation is 1. The number of pyridine rings is 1. The van der Waals surface area contributed by atoms with Gasteiger partial charge in [0.15, 0.2) is 0 Å². The average Bonchev–Trinajstić information content (AvgIpc) is 2.41. The number of hydrogen-bond donors (Lipinski definition) is 1. The SMILES string of the molecule is Cc1ccc(C(C)C)c(Oc2ccc(CCN)cn2)c1. The van der Waals surface area contributed by atoms with Crippen LogP contribution in [0.5, 0.6) is 11.6 Å². The summed E-state index contributed by atoms with van der Waals surface area (Å²) < 4.78 is 5.94. The van der Waals surface area contributed by atoms with Crippen LogP contribution in [-0.4, -0.2) is 11.5 Å². The standard InChI is InChI=1S/C17H22N2O/c1-12(2)15-6-4-13(3)10-16(15)20-17-7-5-14(8-9-18)11-19-17/h4-7,10-12H,8-9,18H2,1-3H3. The van der Waals surface area contributed by atoms with Crippen molar-refractivity contribution in [3.05, 3.63) is 53.2 Å². The van der Waals surface area contributed by atoms with Crippen LogP contribution in [0.4, 0.5) is 0 Å². The maximum atomic E-state index is 5.94. The Balaban J connectivity index is 2.22. The van der Waals surface area contributed by atoms with E-state index >= 15 is 0 Å². The summed E-state index contributed by atoms with van der Waals surface area (Å²) in [5.74, 6) is 1.93. The van der Waals surface area contributed by atoms with E-state index in [0.717, 1.165) is 17.7 Å². The molecule has 106 valence electrons. The van der Waals surface area contributed by atoms with E-state index in [1.54, 1.807) is 0 Å². The van der Waals surface area contributed by atoms with Crippen molar-refractivity contribution in [3.8, 4) is 11.6 Å². The summed E-state index contributed by atoms with van der Waals surface area (Å²) in [6.07, 6.45) is 2.67. The lowest BCUT2D eigenvalue weighted by Gasteiger charge is -2.14. The van der Waals surface area contributed by atoms with Crippen molar-refractivity contribution in [1.29, 1.82) is 0 Å². The third kappa shape index (κ3) is 3.58. The predicted octanol–water partition coefficient (Wildman–Crippen LogP) is 3.81. The molecule has 0 saturated heterocycles. The molecule has 0 saturated carbocycles. The fraction of sp³-hybridized carbons (Fsp3) is 0.353. The quantitative estimate of drug-likeness (QED) is 0.898. The Bertz CT molecular complexity index is 562. The van der Waals surface area contributed by atoms with Gasteiger partial charge >= 0.3 is 0 Å². The van der Waals surface area contributed by atoms with Crippen LogP contribution >= 0.6 is 0 Å². The molecule has 2 N–H and O–H groups in total. The molecule has 0 aliphatic carbocycles. The van der Waals surface area contributed by atoms with Gasteiger partial charge in [0.25, 0.3) is 0 Å². The van der Waals surface area contributed by atoms with Crippen molar-refractivity contribution in [3.63, 3.8) is 0 Å². The molecule has 2 rings (SSSR count). The Morgan fingerprint density at radius 1 is 1.20 bits per heavy atom. The number of benzene rings is 1. The zero-order valence-electron chi connectivity index (χ0n) is 12.4. The summed E-state index contributed by atoms with van der Waals surface area (Å²) in [6.45, 7) is 7.02. The fourth-order valence-electron chi connectivity index (χ4n) is 2.11. The van der Waals surface area contributed by atoms with E-state index in [2.05, 4.69) is 44.0 Å². The molecule has 1 aromatic heterocycles. The molecule has 0 aliphatic heterocycles. The Morgan fingerprint density at radius 2 is 2.00 bits per heavy atom. The van der Waals surface area contributed by atoms with E-state index < -0.39 is 0 Å². The Labute approximate surface area is 120 Å². The number of aromatic nitrogens is 1. The summed E-state index contributed by atoms with van der Waals surface area (Å²) in [6, 6.07) is 10.2. The van der Waals surface area contributed by atoms with Crippen LogP contribution in [0.15, 0.2) is 36.5 Å². The van der Waals surface area contributed by atoms with E-state index in [0.29, 0.717) is 18.3 Å². The van der Waals surface area contributed by atoms with Gasteiger partial charge in [-0.1, -0.05) is 32.0 Å². The first-order valence-corrected chi connectivity index (χ1v) is 7.03. The van der Waals surface area contributed by atoms with Crippen molar-refractivity contribution in [2.45, 2.75) is 33.1 Å². The Kier molecular flexibility index (Phi) is 4.74. The van der Waals surface area contributed by atoms with Gasteiger partial charge in [-0.3, -0.25) is 0 Å². The summed E-state index contributed by atoms with van der Waals surface area (Å²) in [7, 11) is 0. The molecule has 0 spiro atoms. The molecule has 20 heavy (non-hydrogen) atoms. The molecule has 0 aliphatic rings. The maximum Gasteiger partial charge on any atom is 0.219 e. The monoisotopic (exact) mass is 270 g/mol. The minimum absolute atomic E-state index is 0.419. The van der Waals surface area contributed by atoms with Gasteiger partial charge in [0.2, 0.25) is 5.88 Å². The lowest BCUT2D eigenvalue weighted by Crippen LogP contribution is -2.03. The van der Waals surface area contributed by atoms with Gasteiger partial charge in [-0.05, 0) is 48.6 Å². The Morgan fingerprint density at radius 3 is 2.60 bits per heavy atom. The van der Waals surface area contributed by atoms with Crippen molar-refractivity contribution in [2.75, 3.05) is 6.54 Å². The van der Waals surface area contributed by atoms with Gasteiger partial charge in [0.1, 0.15) is 5.75 Å². The maximum absolute atomic E-state index is 5.94. The van der Waals surface area contributed by atoms with E-state index in [1.165, 1.54) is 11.1 Å². The predicted molar refractivity (Wildman–Crippen MR) is 82.3 cm³/mol. The lowest BCUT2D eigenvalue weighted by molar-refractivity contribution is 0.453. The van der Waals surface area contributed by atoms with E-state index in [4.69, 9.17) is 10.5 Å². The molecule has 0 atom stereocenters. The van der Waals surface area contributed by atoms with E-state index in [-0.39, 0.29) is 0 Å². The molecule has 1 heterocycles. The molecule has 2 aromatic rings. The summed E-state index contributed by atoms with van der Waals surface area (Å²) in [5, 5.41) is 0. The summed E-state index contributed by atoms with van der Waals surface area (Å²) in [5.41, 5.74) is 9.05. The fourth-order valence-corrected chi connectivity index (χ4v) is 2.11. The van der Waals surface area contributed by atoms with Gasteiger partial charge in [-0.25, -0.2) is 4.98 Å². The smallest absolute Gasteiger partial charge is 0.219 e. The van der Waals surface area contributed by atoms with Gasteiger partial charge in [-0.2, -0.15) is 0 Å². The Hall–Kier alpha value is -1.87. The zero-order valence-corrected chi connectivity index (χ0v) is 12.4. The van der Waals surface area contributed by atoms with Crippen LogP contribution in [0, 0.1) is 6.92 Å². The highest BCUT2D eigenvalue weighted by molar-refractivity contribution is 5.41. The van der Waals surface area contributed by atoms with Crippen LogP contribution in [0.1, 0.15) is 36.5 Å². The molecule has 0 radical (unpaired) electrons. The third-order valence-corrected chi connectivity index (χ3v) is 3.24. The third-order valence-electron chi connectivity index (χ3n) is 3.24. The second kappa shape index (κ2) is 6.53. The first kappa shape index (κ1) is 14.5. The second-order valence-electron chi connectivity index (χ2n) is 5.34. The highest BCUT2D eigenvalue weighted by atomic mass is 16.5. The van der Waals surface area contributed by atoms with Gasteiger partial charge < -0.3 is 10.5 Å². The molecule has 0 unspecified atom stereocenters. The van der Waals surface area contributed by atoms with Crippen molar-refractivity contribution in [1.82, 2.24) is 4.98 Å². The first-order valence-electron chi connectivity index (χ1n) is 7.03. The number of rotatable bonds is 5. The number of ether oxygens (including phenoxy) is 1. The van der Waals surface area contributed by atoms with Crippen LogP contribution in [0.25, 0.3) is 0 Å². The molecular formula is C17H22N2O. The summed E-state index contributed by atoms with van der Waals surface area (Å²) >= 11 is 0. The van der Waals surface area contributed by atoms with Gasteiger partial charge in [-0.15, -0.1) is 0 Å². The van der Waals surface area contributed by atoms with E-state index in [9.17, 15) is 0 Å². The first-order chi connectivity index (χ1) is 9.60. The molecule has 0 fully saturated rings. The van der Waals surface area contributed by atoms with Crippen LogP contribution < -0.4 is 10.5 Å². The number of nitrogens with two attached hydrogens (primary N) is 1. The molecular weight excluding hydrogens is 248 g/mol. The van der Waals surface area contributed by atoms with Crippen molar-refractivity contribution >= 4 is 0 Å². The lowest BCUT2D eigenvalue weighted by atomic mass is 10.0. The van der Waals surface area contributed by atoms with Crippen molar-refractivity contribution < 1.29 is 4.74 Å². The molecule has 3 heteroatoms. The number of nitrogens with zero attached hydrogens (tertiary/aromatic N) is 1. The van der Waals surface area contributed by atoms with Crippen LogP contribution in [0.2, 0.25) is 0 Å². The second-order valence-corrected chi connectivity index (χ2v) is 5.34. The highest BCUT2D eigenvalue weighted by Gasteiger charge is 2.09. The van der Waals surface area contributed by atoms with Crippen molar-refractivity contribution in [2.24, 2.45) is 5.73 Å². The largest absolute Gasteiger partial charge is 0.439 e. The normalized spacial score (nSPS) is 10.8. The van der Waals surface area contributed by atoms with Gasteiger partial charge in [0.05, 0.1) is 0 Å². The summed E-state index contributed by atoms with van der Waals surface area (Å²) in [4.78, 5) is 4.34. The molecule has 0 amide bonds. The highest BCUT2D eigenvalue weighted by Crippen LogP contribution is 2.30. The van der Waals surface area contributed by atoms with E-state index in [1.807, 2.05) is 18.3 Å². The molecule has 0 bridgehead atoms.